The van der Waals surface area contributed by atoms with Crippen molar-refractivity contribution in [2.75, 3.05) is 0 Å². The summed E-state index contributed by atoms with van der Waals surface area (Å²) in [6, 6.07) is 23.4. The predicted octanol–water partition coefficient (Wildman–Crippen LogP) is 7.01. The lowest BCUT2D eigenvalue weighted by Crippen LogP contribution is -2.27. The van der Waals surface area contributed by atoms with Gasteiger partial charge in [-0.25, -0.2) is 0 Å². The molecular weight excluding hydrogens is 502 g/mol. The first-order valence-electron chi connectivity index (χ1n) is 11.6. The predicted molar refractivity (Wildman–Crippen MR) is 134 cm³/mol. The molecule has 0 N–H and O–H groups in total. The van der Waals surface area contributed by atoms with Gasteiger partial charge < -0.3 is 0 Å². The average molecular weight is 518 g/mol. The van der Waals surface area contributed by atoms with Gasteiger partial charge in [-0.05, 0) is 56.9 Å². The lowest BCUT2D eigenvalue weighted by atomic mass is 9.94. The van der Waals surface area contributed by atoms with E-state index in [4.69, 9.17) is 0 Å². The molecule has 0 amide bonds. The van der Waals surface area contributed by atoms with E-state index >= 15 is 0 Å². The van der Waals surface area contributed by atoms with Crippen LogP contribution in [-0.4, -0.2) is 5.78 Å². The van der Waals surface area contributed by atoms with Gasteiger partial charge in [0.1, 0.15) is 0 Å². The molecule has 0 saturated carbocycles. The van der Waals surface area contributed by atoms with Crippen LogP contribution in [-0.2, 0) is 17.1 Å². The fourth-order valence-electron chi connectivity index (χ4n) is 5.27. The molecule has 1 nitrogen and oxygen atoms in total. The monoisotopic (exact) mass is 518 g/mol. The first kappa shape index (κ1) is 24.0. The highest BCUT2D eigenvalue weighted by Gasteiger charge is 2.35. The van der Waals surface area contributed by atoms with Gasteiger partial charge >= 0.3 is 12.4 Å². The molecule has 6 rings (SSSR count). The Balaban J connectivity index is 1.85. The van der Waals surface area contributed by atoms with Gasteiger partial charge in [-0.3, -0.25) is 4.79 Å². The summed E-state index contributed by atoms with van der Waals surface area (Å²) < 4.78 is 81.6. The molecule has 5 aromatic rings. The summed E-state index contributed by atoms with van der Waals surface area (Å²) in [5.41, 5.74) is -1.69. The quantitative estimate of drug-likeness (QED) is 0.182. The number of fused-ring (bicyclic) bond motifs is 6. The lowest BCUT2D eigenvalue weighted by Gasteiger charge is -2.11. The minimum Gasteiger partial charge on any atom is -0.289 e. The first-order chi connectivity index (χ1) is 18.1. The Morgan fingerprint density at radius 3 is 1.18 bits per heavy atom. The number of halogens is 6. The normalized spacial score (nSPS) is 14.0. The number of carbonyl (C=O) groups is 1. The number of hydrogen-bond acceptors (Lipinski definition) is 1. The number of ketones is 1. The highest BCUT2D eigenvalue weighted by molar-refractivity contribution is 6.45. The van der Waals surface area contributed by atoms with E-state index in [1.165, 1.54) is 24.3 Å². The first-order valence-corrected chi connectivity index (χ1v) is 11.6. The van der Waals surface area contributed by atoms with Gasteiger partial charge in [-0.2, -0.15) is 26.3 Å². The molecule has 0 unspecified atom stereocenters. The molecule has 1 aliphatic carbocycles. The van der Waals surface area contributed by atoms with Crippen LogP contribution in [0.4, 0.5) is 26.3 Å². The molecule has 0 aromatic heterocycles. The Bertz CT molecular complexity index is 1770. The highest BCUT2D eigenvalue weighted by atomic mass is 19.4. The van der Waals surface area contributed by atoms with Crippen molar-refractivity contribution in [2.24, 2.45) is 0 Å². The van der Waals surface area contributed by atoms with Gasteiger partial charge in [0.05, 0.1) is 11.1 Å². The van der Waals surface area contributed by atoms with Crippen LogP contribution in [0.25, 0.3) is 32.7 Å². The van der Waals surface area contributed by atoms with E-state index < -0.39 is 29.3 Å². The van der Waals surface area contributed by atoms with Gasteiger partial charge in [0.25, 0.3) is 0 Å². The second-order valence-corrected chi connectivity index (χ2v) is 9.08. The summed E-state index contributed by atoms with van der Waals surface area (Å²) in [4.78, 5) is 14.1. The van der Waals surface area contributed by atoms with Crippen molar-refractivity contribution in [3.8, 4) is 0 Å². The molecule has 0 aliphatic heterocycles. The highest BCUT2D eigenvalue weighted by Crippen LogP contribution is 2.35. The Kier molecular flexibility index (Phi) is 5.24. The van der Waals surface area contributed by atoms with Crippen LogP contribution in [0.15, 0.2) is 97.1 Å². The van der Waals surface area contributed by atoms with Crippen molar-refractivity contribution in [1.82, 2.24) is 0 Å². The van der Waals surface area contributed by atoms with Crippen LogP contribution in [0, 0.1) is 0 Å². The second kappa shape index (κ2) is 8.31. The molecule has 1 aliphatic rings. The second-order valence-electron chi connectivity index (χ2n) is 9.08. The average Bonchev–Trinajstić information content (AvgIpc) is 3.21. The van der Waals surface area contributed by atoms with Crippen molar-refractivity contribution in [2.45, 2.75) is 12.4 Å². The Labute approximate surface area is 212 Å². The van der Waals surface area contributed by atoms with Crippen LogP contribution in [0.5, 0.6) is 0 Å². The molecule has 188 valence electrons. The van der Waals surface area contributed by atoms with Gasteiger partial charge in [0.15, 0.2) is 5.78 Å². The minimum absolute atomic E-state index is 0.0282. The van der Waals surface area contributed by atoms with E-state index in [-0.39, 0.29) is 22.3 Å². The van der Waals surface area contributed by atoms with Crippen molar-refractivity contribution >= 4 is 38.5 Å². The lowest BCUT2D eigenvalue weighted by molar-refractivity contribution is -0.138. The molecule has 0 bridgehead atoms. The minimum atomic E-state index is -4.64. The zero-order chi connectivity index (χ0) is 26.8. The number of Topliss-reactive ketones (excluding diaryl/α,β-unsaturated/α-hetero) is 1. The Hall–Kier alpha value is -4.39. The van der Waals surface area contributed by atoms with Gasteiger partial charge in [0, 0.05) is 21.6 Å². The molecule has 0 atom stereocenters. The topological polar surface area (TPSA) is 17.1 Å². The van der Waals surface area contributed by atoms with Gasteiger partial charge in [0.2, 0.25) is 0 Å². The number of carbonyl (C=O) groups excluding carboxylic acids is 1. The van der Waals surface area contributed by atoms with E-state index in [0.29, 0.717) is 21.2 Å². The van der Waals surface area contributed by atoms with Crippen LogP contribution in [0.3, 0.4) is 0 Å². The maximum absolute atomic E-state index is 14.1. The standard InChI is InChI=1S/C31H16F6O/c32-30(33,34)19-9-5-7-17(15-19)25-27-23-13-3-1-11-21(23)22-12-2-4-14-24(22)28(27)26(29(25)38)18-8-6-10-20(16-18)31(35,36)37/h1-16H. The third kappa shape index (κ3) is 3.69. The Morgan fingerprint density at radius 2 is 0.816 bits per heavy atom. The van der Waals surface area contributed by atoms with E-state index in [2.05, 4.69) is 0 Å². The third-order valence-corrected chi connectivity index (χ3v) is 6.84. The number of hydrogen-bond donors (Lipinski definition) is 0. The summed E-state index contributed by atoms with van der Waals surface area (Å²) in [6.45, 7) is 0. The van der Waals surface area contributed by atoms with Gasteiger partial charge in [-0.15, -0.1) is 0 Å². The SMILES string of the molecule is O=C1C(c2cccc(C(F)(F)F)c2)=c2c(c3ccccc3c3ccccc23)=C1c1cccc(C(F)(F)F)c1. The van der Waals surface area contributed by atoms with Crippen LogP contribution >= 0.6 is 0 Å². The fourth-order valence-corrected chi connectivity index (χ4v) is 5.27. The zero-order valence-corrected chi connectivity index (χ0v) is 19.4. The maximum atomic E-state index is 14.1. The van der Waals surface area contributed by atoms with E-state index in [0.717, 1.165) is 35.0 Å². The molecule has 0 spiro atoms. The molecule has 38 heavy (non-hydrogen) atoms. The van der Waals surface area contributed by atoms with Crippen LogP contribution in [0.2, 0.25) is 0 Å². The van der Waals surface area contributed by atoms with Crippen LogP contribution < -0.4 is 10.4 Å². The maximum Gasteiger partial charge on any atom is 0.416 e. The van der Waals surface area contributed by atoms with Crippen LogP contribution in [0.1, 0.15) is 22.3 Å². The summed E-state index contributed by atoms with van der Waals surface area (Å²) in [5.74, 6) is -0.625. The van der Waals surface area contributed by atoms with E-state index in [1.807, 2.05) is 24.3 Å². The Morgan fingerprint density at radius 1 is 0.447 bits per heavy atom. The number of alkyl halides is 6. The zero-order valence-electron chi connectivity index (χ0n) is 19.4. The molecule has 0 fully saturated rings. The molecule has 5 aromatic carbocycles. The van der Waals surface area contributed by atoms with Gasteiger partial charge in [-0.1, -0.05) is 72.8 Å². The van der Waals surface area contributed by atoms with Crippen molar-refractivity contribution in [1.29, 1.82) is 0 Å². The fraction of sp³-hybridized carbons (Fsp3) is 0.0645. The summed E-state index contributed by atoms with van der Waals surface area (Å²) >= 11 is 0. The molecule has 0 saturated heterocycles. The molecular formula is C31H16F6O. The molecule has 0 radical (unpaired) electrons. The third-order valence-electron chi connectivity index (χ3n) is 6.84. The van der Waals surface area contributed by atoms with Crippen molar-refractivity contribution in [3.05, 3.63) is 130 Å². The summed E-state index contributed by atoms with van der Waals surface area (Å²) in [5, 5.41) is 3.65. The summed E-state index contributed by atoms with van der Waals surface area (Å²) in [6.07, 6.45) is -9.28. The number of rotatable bonds is 2. The van der Waals surface area contributed by atoms with E-state index in [1.54, 1.807) is 24.3 Å². The summed E-state index contributed by atoms with van der Waals surface area (Å²) in [7, 11) is 0. The van der Waals surface area contributed by atoms with Crippen molar-refractivity contribution in [3.63, 3.8) is 0 Å². The number of benzene rings is 5. The van der Waals surface area contributed by atoms with Crippen molar-refractivity contribution < 1.29 is 31.1 Å². The largest absolute Gasteiger partial charge is 0.416 e. The smallest absolute Gasteiger partial charge is 0.289 e. The van der Waals surface area contributed by atoms with E-state index in [9.17, 15) is 31.1 Å². The molecule has 7 heteroatoms. The molecule has 0 heterocycles.